The Kier molecular flexibility index (Phi) is 4.73. The number of hydroxylamine groups is 2. The van der Waals surface area contributed by atoms with E-state index in [0.29, 0.717) is 6.54 Å². The van der Waals surface area contributed by atoms with Crippen molar-refractivity contribution in [3.05, 3.63) is 35.9 Å². The summed E-state index contributed by atoms with van der Waals surface area (Å²) in [5.74, 6) is 0.766. The van der Waals surface area contributed by atoms with E-state index < -0.39 is 0 Å². The van der Waals surface area contributed by atoms with Crippen LogP contribution in [0.25, 0.3) is 0 Å². The van der Waals surface area contributed by atoms with E-state index in [9.17, 15) is 0 Å². The van der Waals surface area contributed by atoms with Crippen LogP contribution < -0.4 is 5.32 Å². The van der Waals surface area contributed by atoms with Crippen LogP contribution in [0.1, 0.15) is 31.5 Å². The first-order chi connectivity index (χ1) is 8.81. The highest BCUT2D eigenvalue weighted by atomic mass is 16.7. The molecular weight excluding hydrogens is 226 g/mol. The van der Waals surface area contributed by atoms with E-state index in [1.54, 1.807) is 5.06 Å². The lowest BCUT2D eigenvalue weighted by Crippen LogP contribution is -2.26. The maximum atomic E-state index is 5.63. The molecule has 1 aromatic carbocycles. The summed E-state index contributed by atoms with van der Waals surface area (Å²) in [6, 6.07) is 10.2. The summed E-state index contributed by atoms with van der Waals surface area (Å²) in [4.78, 5) is 10.2. The molecule has 0 saturated carbocycles. The fraction of sp³-hybridized carbons (Fsp3) is 0.500. The van der Waals surface area contributed by atoms with Crippen LogP contribution in [0.5, 0.6) is 0 Å². The van der Waals surface area contributed by atoms with E-state index in [0.717, 1.165) is 18.0 Å². The van der Waals surface area contributed by atoms with Gasteiger partial charge >= 0.3 is 0 Å². The van der Waals surface area contributed by atoms with Gasteiger partial charge in [-0.25, -0.2) is 4.99 Å². The Hall–Kier alpha value is -1.39. The Labute approximate surface area is 109 Å². The van der Waals surface area contributed by atoms with Crippen LogP contribution >= 0.6 is 0 Å². The lowest BCUT2D eigenvalue weighted by atomic mass is 10.2. The van der Waals surface area contributed by atoms with Gasteiger partial charge in [0.2, 0.25) is 5.90 Å². The van der Waals surface area contributed by atoms with E-state index in [-0.39, 0.29) is 6.17 Å². The molecule has 0 bridgehead atoms. The van der Waals surface area contributed by atoms with Crippen LogP contribution in [0, 0.1) is 0 Å². The van der Waals surface area contributed by atoms with E-state index in [1.165, 1.54) is 12.8 Å². The maximum absolute atomic E-state index is 5.63. The molecule has 1 heterocycles. The van der Waals surface area contributed by atoms with Crippen molar-refractivity contribution in [1.82, 2.24) is 10.4 Å². The average molecular weight is 247 g/mol. The second kappa shape index (κ2) is 6.52. The maximum Gasteiger partial charge on any atom is 0.225 e. The van der Waals surface area contributed by atoms with Crippen molar-refractivity contribution >= 4 is 5.90 Å². The molecule has 0 fully saturated rings. The quantitative estimate of drug-likeness (QED) is 0.784. The summed E-state index contributed by atoms with van der Waals surface area (Å²) in [5, 5.41) is 5.14. The number of benzene rings is 1. The third-order valence-electron chi connectivity index (χ3n) is 2.94. The fourth-order valence-corrected chi connectivity index (χ4v) is 1.94. The molecule has 0 radical (unpaired) electrons. The fourth-order valence-electron chi connectivity index (χ4n) is 1.94. The SMILES string of the molecule is CCCCNCC1=N[C@@H](c2ccccc2)N(C)O1. The summed E-state index contributed by atoms with van der Waals surface area (Å²) in [6.45, 7) is 3.90. The summed E-state index contributed by atoms with van der Waals surface area (Å²) in [7, 11) is 1.92. The molecule has 4 nitrogen and oxygen atoms in total. The molecule has 1 aliphatic heterocycles. The molecule has 1 atom stereocenters. The molecule has 0 saturated heterocycles. The van der Waals surface area contributed by atoms with Gasteiger partial charge < -0.3 is 10.2 Å². The second-order valence-electron chi connectivity index (χ2n) is 4.47. The molecule has 2 rings (SSSR count). The Morgan fingerprint density at radius 1 is 1.33 bits per heavy atom. The third kappa shape index (κ3) is 3.31. The van der Waals surface area contributed by atoms with Gasteiger partial charge in [0, 0.05) is 7.05 Å². The van der Waals surface area contributed by atoms with Crippen molar-refractivity contribution in [2.24, 2.45) is 4.99 Å². The zero-order valence-electron chi connectivity index (χ0n) is 11.1. The Bertz CT molecular complexity index is 391. The number of unbranched alkanes of at least 4 members (excludes halogenated alkanes) is 1. The smallest absolute Gasteiger partial charge is 0.225 e. The molecule has 0 aromatic heterocycles. The third-order valence-corrected chi connectivity index (χ3v) is 2.94. The van der Waals surface area contributed by atoms with Crippen LogP contribution in [0.2, 0.25) is 0 Å². The van der Waals surface area contributed by atoms with E-state index in [2.05, 4.69) is 29.4 Å². The van der Waals surface area contributed by atoms with Gasteiger partial charge in [0.05, 0.1) is 6.54 Å². The monoisotopic (exact) mass is 247 g/mol. The van der Waals surface area contributed by atoms with Crippen LogP contribution in [-0.4, -0.2) is 31.1 Å². The predicted molar refractivity (Wildman–Crippen MR) is 73.2 cm³/mol. The topological polar surface area (TPSA) is 36.9 Å². The van der Waals surface area contributed by atoms with E-state index in [1.807, 2.05) is 25.2 Å². The van der Waals surface area contributed by atoms with Crippen LogP contribution in [0.3, 0.4) is 0 Å². The number of aliphatic imine (C=N–C) groups is 1. The molecule has 0 spiro atoms. The molecule has 1 aliphatic rings. The van der Waals surface area contributed by atoms with Gasteiger partial charge in [-0.2, -0.15) is 0 Å². The van der Waals surface area contributed by atoms with Crippen molar-refractivity contribution in [3.8, 4) is 0 Å². The second-order valence-corrected chi connectivity index (χ2v) is 4.47. The van der Waals surface area contributed by atoms with Crippen molar-refractivity contribution in [2.75, 3.05) is 20.1 Å². The van der Waals surface area contributed by atoms with Gasteiger partial charge in [-0.05, 0) is 18.5 Å². The first-order valence-corrected chi connectivity index (χ1v) is 6.54. The summed E-state index contributed by atoms with van der Waals surface area (Å²) in [5.41, 5.74) is 1.16. The van der Waals surface area contributed by atoms with Crippen molar-refractivity contribution < 1.29 is 4.84 Å². The van der Waals surface area contributed by atoms with Crippen molar-refractivity contribution in [1.29, 1.82) is 0 Å². The lowest BCUT2D eigenvalue weighted by molar-refractivity contribution is -0.0591. The molecule has 0 unspecified atom stereocenters. The molecule has 1 N–H and O–H groups in total. The molecular formula is C14H21N3O. The van der Waals surface area contributed by atoms with Crippen LogP contribution in [0.15, 0.2) is 35.3 Å². The molecule has 0 aliphatic carbocycles. The minimum absolute atomic E-state index is 0.0193. The number of rotatable bonds is 6. The highest BCUT2D eigenvalue weighted by Crippen LogP contribution is 2.25. The van der Waals surface area contributed by atoms with Gasteiger partial charge in [0.1, 0.15) is 0 Å². The number of nitrogens with one attached hydrogen (secondary N) is 1. The van der Waals surface area contributed by atoms with Gasteiger partial charge in [0.15, 0.2) is 6.17 Å². The van der Waals surface area contributed by atoms with Crippen molar-refractivity contribution in [2.45, 2.75) is 25.9 Å². The number of nitrogens with zero attached hydrogens (tertiary/aromatic N) is 2. The molecule has 4 heteroatoms. The molecule has 18 heavy (non-hydrogen) atoms. The largest absolute Gasteiger partial charge is 0.387 e. The van der Waals surface area contributed by atoms with Crippen LogP contribution in [-0.2, 0) is 4.84 Å². The lowest BCUT2D eigenvalue weighted by Gasteiger charge is -2.15. The zero-order chi connectivity index (χ0) is 12.8. The van der Waals surface area contributed by atoms with Gasteiger partial charge in [-0.15, -0.1) is 5.06 Å². The normalized spacial score (nSPS) is 19.7. The first-order valence-electron chi connectivity index (χ1n) is 6.54. The molecule has 98 valence electrons. The van der Waals surface area contributed by atoms with E-state index in [4.69, 9.17) is 4.84 Å². The highest BCUT2D eigenvalue weighted by molar-refractivity contribution is 5.79. The Balaban J connectivity index is 1.91. The predicted octanol–water partition coefficient (Wildman–Crippen LogP) is 2.35. The minimum Gasteiger partial charge on any atom is -0.387 e. The molecule has 0 amide bonds. The number of hydrogen-bond acceptors (Lipinski definition) is 4. The van der Waals surface area contributed by atoms with Gasteiger partial charge in [-0.3, -0.25) is 0 Å². The van der Waals surface area contributed by atoms with E-state index >= 15 is 0 Å². The van der Waals surface area contributed by atoms with Crippen LogP contribution in [0.4, 0.5) is 0 Å². The Morgan fingerprint density at radius 2 is 2.11 bits per heavy atom. The molecule has 1 aromatic rings. The first kappa shape index (κ1) is 13.1. The van der Waals surface area contributed by atoms with Crippen molar-refractivity contribution in [3.63, 3.8) is 0 Å². The number of hydrogen-bond donors (Lipinski definition) is 1. The zero-order valence-corrected chi connectivity index (χ0v) is 11.1. The standard InChI is InChI=1S/C14H21N3O/c1-3-4-10-15-11-13-16-14(17(2)18-13)12-8-6-5-7-9-12/h5-9,14-15H,3-4,10-11H2,1-2H3/t14-/m1/s1. The van der Waals surface area contributed by atoms with Gasteiger partial charge in [-0.1, -0.05) is 43.7 Å². The summed E-state index contributed by atoms with van der Waals surface area (Å²) < 4.78 is 0. The summed E-state index contributed by atoms with van der Waals surface area (Å²) in [6.07, 6.45) is 2.37. The minimum atomic E-state index is -0.0193. The summed E-state index contributed by atoms with van der Waals surface area (Å²) >= 11 is 0. The highest BCUT2D eigenvalue weighted by Gasteiger charge is 2.25. The van der Waals surface area contributed by atoms with Gasteiger partial charge in [0.25, 0.3) is 0 Å². The Morgan fingerprint density at radius 3 is 2.83 bits per heavy atom. The average Bonchev–Trinajstić information content (AvgIpc) is 2.77.